The van der Waals surface area contributed by atoms with Crippen LogP contribution in [-0.2, 0) is 12.1 Å². The molecule has 0 aliphatic rings. The average Bonchev–Trinajstić information content (AvgIpc) is 2.85. The molecule has 1 N–H and O–H groups in total. The molecule has 1 aromatic heterocycles. The van der Waals surface area contributed by atoms with Crippen molar-refractivity contribution in [2.45, 2.75) is 25.2 Å². The molecule has 5 nitrogen and oxygen atoms in total. The van der Waals surface area contributed by atoms with E-state index in [4.69, 9.17) is 0 Å². The first-order chi connectivity index (χ1) is 9.70. The molecule has 0 amide bonds. The molecule has 1 unspecified atom stereocenters. The fraction of sp³-hybridized carbons (Fsp3) is 0.308. The minimum absolute atomic E-state index is 0.130. The zero-order chi connectivity index (χ0) is 15.7. The third kappa shape index (κ3) is 3.46. The molecule has 0 bridgehead atoms. The molecule has 1 heterocycles. The van der Waals surface area contributed by atoms with Crippen molar-refractivity contribution in [3.05, 3.63) is 47.8 Å². The summed E-state index contributed by atoms with van der Waals surface area (Å²) in [5, 5.41) is 17.0. The molecular formula is C13H12F3N3O2. The minimum Gasteiger partial charge on any atom is -0.384 e. The fourth-order valence-corrected chi connectivity index (χ4v) is 1.83. The van der Waals surface area contributed by atoms with Gasteiger partial charge in [-0.15, -0.1) is 5.10 Å². The highest BCUT2D eigenvalue weighted by atomic mass is 19.4. The van der Waals surface area contributed by atoms with E-state index < -0.39 is 23.3 Å². The van der Waals surface area contributed by atoms with E-state index in [1.165, 1.54) is 6.92 Å². The minimum atomic E-state index is -5.00. The Labute approximate surface area is 118 Å². The van der Waals surface area contributed by atoms with Crippen molar-refractivity contribution in [1.82, 2.24) is 15.0 Å². The number of carbonyl (C=O) groups excluding carboxylic acids is 1. The van der Waals surface area contributed by atoms with Crippen LogP contribution in [0.4, 0.5) is 13.2 Å². The number of alkyl halides is 3. The Morgan fingerprint density at radius 1 is 1.29 bits per heavy atom. The van der Waals surface area contributed by atoms with Crippen molar-refractivity contribution in [3.8, 4) is 0 Å². The smallest absolute Gasteiger partial charge is 0.384 e. The van der Waals surface area contributed by atoms with E-state index >= 15 is 0 Å². The van der Waals surface area contributed by atoms with Crippen LogP contribution >= 0.6 is 0 Å². The van der Waals surface area contributed by atoms with Crippen molar-refractivity contribution in [2.24, 2.45) is 0 Å². The average molecular weight is 299 g/mol. The molecule has 8 heteroatoms. The van der Waals surface area contributed by atoms with Gasteiger partial charge in [-0.05, 0) is 12.5 Å². The summed E-state index contributed by atoms with van der Waals surface area (Å²) in [5.41, 5.74) is -1.58. The molecule has 0 saturated heterocycles. The van der Waals surface area contributed by atoms with E-state index in [0.29, 0.717) is 5.56 Å². The number of rotatable bonds is 4. The molecule has 0 radical (unpaired) electrons. The Balaban J connectivity index is 2.18. The number of benzene rings is 1. The van der Waals surface area contributed by atoms with Gasteiger partial charge in [0, 0.05) is 0 Å². The van der Waals surface area contributed by atoms with Gasteiger partial charge in [-0.25, -0.2) is 4.68 Å². The maximum atomic E-state index is 12.3. The standard InChI is InChI=1S/C13H12F3N3O2/c1-12(21,9-5-3-2-4-6-9)8-19-7-10(17-18-19)11(20)13(14,15)16/h2-7,21H,8H2,1H3. The van der Waals surface area contributed by atoms with Crippen LogP contribution in [0.2, 0.25) is 0 Å². The number of hydrogen-bond donors (Lipinski definition) is 1. The summed E-state index contributed by atoms with van der Waals surface area (Å²) in [6.45, 7) is 1.37. The van der Waals surface area contributed by atoms with Crippen molar-refractivity contribution in [3.63, 3.8) is 0 Å². The summed E-state index contributed by atoms with van der Waals surface area (Å²) in [4.78, 5) is 11.0. The number of hydrogen-bond acceptors (Lipinski definition) is 4. The van der Waals surface area contributed by atoms with Crippen LogP contribution in [0.25, 0.3) is 0 Å². The highest BCUT2D eigenvalue weighted by molar-refractivity contribution is 5.98. The molecule has 0 aliphatic carbocycles. The molecule has 2 rings (SSSR count). The first-order valence-corrected chi connectivity index (χ1v) is 6.00. The number of aliphatic hydroxyl groups is 1. The predicted octanol–water partition coefficient (Wildman–Crippen LogP) is 1.93. The topological polar surface area (TPSA) is 68.0 Å². The van der Waals surface area contributed by atoms with Gasteiger partial charge >= 0.3 is 6.18 Å². The Morgan fingerprint density at radius 2 is 1.90 bits per heavy atom. The summed E-state index contributed by atoms with van der Waals surface area (Å²) in [6.07, 6.45) is -4.13. The Hall–Kier alpha value is -2.22. The lowest BCUT2D eigenvalue weighted by Crippen LogP contribution is -2.28. The fourth-order valence-electron chi connectivity index (χ4n) is 1.83. The Kier molecular flexibility index (Phi) is 3.82. The van der Waals surface area contributed by atoms with Crippen molar-refractivity contribution in [1.29, 1.82) is 0 Å². The highest BCUT2D eigenvalue weighted by Crippen LogP contribution is 2.23. The van der Waals surface area contributed by atoms with Crippen molar-refractivity contribution in [2.75, 3.05) is 0 Å². The van der Waals surface area contributed by atoms with Gasteiger partial charge in [-0.3, -0.25) is 4.79 Å². The lowest BCUT2D eigenvalue weighted by Gasteiger charge is -2.23. The normalized spacial score (nSPS) is 14.7. The van der Waals surface area contributed by atoms with Gasteiger partial charge in [0.1, 0.15) is 5.60 Å². The van der Waals surface area contributed by atoms with E-state index in [1.807, 2.05) is 0 Å². The van der Waals surface area contributed by atoms with Crippen LogP contribution in [0, 0.1) is 0 Å². The maximum absolute atomic E-state index is 12.3. The summed E-state index contributed by atoms with van der Waals surface area (Å²) in [7, 11) is 0. The van der Waals surface area contributed by atoms with Crippen LogP contribution in [-0.4, -0.2) is 32.1 Å². The van der Waals surface area contributed by atoms with Gasteiger partial charge in [0.2, 0.25) is 0 Å². The molecular weight excluding hydrogens is 287 g/mol. The molecule has 1 atom stereocenters. The van der Waals surface area contributed by atoms with Crippen LogP contribution in [0.15, 0.2) is 36.5 Å². The number of ketones is 1. The lowest BCUT2D eigenvalue weighted by atomic mass is 9.96. The summed E-state index contributed by atoms with van der Waals surface area (Å²) >= 11 is 0. The van der Waals surface area contributed by atoms with E-state index in [1.54, 1.807) is 30.3 Å². The molecule has 0 saturated carbocycles. The summed E-state index contributed by atoms with van der Waals surface area (Å²) in [6, 6.07) is 8.58. The van der Waals surface area contributed by atoms with E-state index in [2.05, 4.69) is 10.3 Å². The third-order valence-corrected chi connectivity index (χ3v) is 2.89. The van der Waals surface area contributed by atoms with E-state index in [-0.39, 0.29) is 6.54 Å². The second kappa shape index (κ2) is 5.28. The van der Waals surface area contributed by atoms with Gasteiger partial charge in [-0.1, -0.05) is 35.5 Å². The zero-order valence-corrected chi connectivity index (χ0v) is 11.0. The van der Waals surface area contributed by atoms with Gasteiger partial charge in [0.25, 0.3) is 5.78 Å². The second-order valence-electron chi connectivity index (χ2n) is 4.77. The van der Waals surface area contributed by atoms with Gasteiger partial charge in [0.05, 0.1) is 12.7 Å². The Morgan fingerprint density at radius 3 is 2.48 bits per heavy atom. The highest BCUT2D eigenvalue weighted by Gasteiger charge is 2.41. The third-order valence-electron chi connectivity index (χ3n) is 2.89. The number of carbonyl (C=O) groups is 1. The molecule has 0 spiro atoms. The molecule has 21 heavy (non-hydrogen) atoms. The second-order valence-corrected chi connectivity index (χ2v) is 4.77. The zero-order valence-electron chi connectivity index (χ0n) is 11.0. The van der Waals surface area contributed by atoms with E-state index in [0.717, 1.165) is 10.9 Å². The SMILES string of the molecule is CC(O)(Cn1cc(C(=O)C(F)(F)F)nn1)c1ccccc1. The predicted molar refractivity (Wildman–Crippen MR) is 66.4 cm³/mol. The number of halogens is 3. The first-order valence-electron chi connectivity index (χ1n) is 6.00. The van der Waals surface area contributed by atoms with Crippen LogP contribution < -0.4 is 0 Å². The summed E-state index contributed by atoms with van der Waals surface area (Å²) in [5.74, 6) is -2.06. The van der Waals surface area contributed by atoms with Gasteiger partial charge < -0.3 is 5.11 Å². The van der Waals surface area contributed by atoms with Gasteiger partial charge in [0.15, 0.2) is 5.69 Å². The van der Waals surface area contributed by atoms with E-state index in [9.17, 15) is 23.1 Å². The monoisotopic (exact) mass is 299 g/mol. The molecule has 0 fully saturated rings. The van der Waals surface area contributed by atoms with Crippen LogP contribution in [0.5, 0.6) is 0 Å². The lowest BCUT2D eigenvalue weighted by molar-refractivity contribution is -0.0888. The van der Waals surface area contributed by atoms with Gasteiger partial charge in [-0.2, -0.15) is 13.2 Å². The van der Waals surface area contributed by atoms with Crippen molar-refractivity contribution >= 4 is 5.78 Å². The molecule has 0 aliphatic heterocycles. The maximum Gasteiger partial charge on any atom is 0.456 e. The Bertz CT molecular complexity index is 636. The largest absolute Gasteiger partial charge is 0.456 e. The molecule has 112 valence electrons. The number of aromatic nitrogens is 3. The van der Waals surface area contributed by atoms with Crippen LogP contribution in [0.3, 0.4) is 0 Å². The first kappa shape index (κ1) is 15.2. The number of Topliss-reactive ketones (excluding diaryl/α,β-unsaturated/α-hetero) is 1. The number of nitrogens with zero attached hydrogens (tertiary/aromatic N) is 3. The molecule has 2 aromatic rings. The quantitative estimate of drug-likeness (QED) is 0.876. The van der Waals surface area contributed by atoms with Crippen molar-refractivity contribution < 1.29 is 23.1 Å². The van der Waals surface area contributed by atoms with Crippen LogP contribution in [0.1, 0.15) is 23.0 Å². The molecule has 1 aromatic carbocycles. The summed E-state index contributed by atoms with van der Waals surface area (Å²) < 4.78 is 37.8.